The minimum Gasteiger partial charge on any atom is -0.454 e. The Bertz CT molecular complexity index is 1140. The number of rotatable bonds is 3. The van der Waals surface area contributed by atoms with Gasteiger partial charge in [0.2, 0.25) is 6.79 Å². The fourth-order valence-corrected chi connectivity index (χ4v) is 5.38. The van der Waals surface area contributed by atoms with Gasteiger partial charge in [-0.15, -0.1) is 0 Å². The smallest absolute Gasteiger partial charge is 0.332 e. The van der Waals surface area contributed by atoms with Gasteiger partial charge in [0.05, 0.1) is 12.6 Å². The van der Waals surface area contributed by atoms with Crippen molar-refractivity contribution >= 4 is 0 Å². The predicted octanol–water partition coefficient (Wildman–Crippen LogP) is 1.42. The van der Waals surface area contributed by atoms with Crippen molar-refractivity contribution in [3.63, 3.8) is 0 Å². The molecule has 1 aromatic heterocycles. The van der Waals surface area contributed by atoms with E-state index in [2.05, 4.69) is 16.1 Å². The summed E-state index contributed by atoms with van der Waals surface area (Å²) in [6, 6.07) is 6.06. The number of hydrogen-bond acceptors (Lipinski definition) is 7. The molecule has 31 heavy (non-hydrogen) atoms. The SMILES string of the molecule is O=c1c(=O)n2c(nn1C1CCCC1)COC1(CCN(Cc3ccc4c(c3)OCO4)C1)C2. The van der Waals surface area contributed by atoms with Crippen molar-refractivity contribution in [3.8, 4) is 11.5 Å². The Morgan fingerprint density at radius 2 is 1.90 bits per heavy atom. The Morgan fingerprint density at radius 1 is 1.06 bits per heavy atom. The van der Waals surface area contributed by atoms with E-state index in [4.69, 9.17) is 14.2 Å². The highest BCUT2D eigenvalue weighted by molar-refractivity contribution is 5.44. The standard InChI is InChI=1S/C22H26N4O5/c27-20-21(28)26(16-3-1-2-4-16)23-19-11-31-22(13-25(19)20)7-8-24(12-22)10-15-5-6-17-18(9-15)30-14-29-17/h5-6,9,16H,1-4,7-8,10-14H2. The molecule has 0 N–H and O–H groups in total. The van der Waals surface area contributed by atoms with Crippen molar-refractivity contribution in [2.75, 3.05) is 19.9 Å². The Balaban J connectivity index is 1.20. The molecule has 9 heteroatoms. The molecule has 4 heterocycles. The van der Waals surface area contributed by atoms with Crippen molar-refractivity contribution in [1.82, 2.24) is 19.2 Å². The summed E-state index contributed by atoms with van der Waals surface area (Å²) in [6.45, 7) is 3.26. The van der Waals surface area contributed by atoms with Gasteiger partial charge in [-0.05, 0) is 37.0 Å². The molecule has 1 atom stereocenters. The highest BCUT2D eigenvalue weighted by atomic mass is 16.7. The molecule has 1 unspecified atom stereocenters. The van der Waals surface area contributed by atoms with Gasteiger partial charge in [-0.2, -0.15) is 5.10 Å². The summed E-state index contributed by atoms with van der Waals surface area (Å²) < 4.78 is 20.1. The van der Waals surface area contributed by atoms with Crippen molar-refractivity contribution in [3.05, 3.63) is 50.3 Å². The van der Waals surface area contributed by atoms with E-state index in [0.717, 1.165) is 62.3 Å². The highest BCUT2D eigenvalue weighted by Gasteiger charge is 2.43. The molecule has 0 amide bonds. The predicted molar refractivity (Wildman–Crippen MR) is 110 cm³/mol. The largest absolute Gasteiger partial charge is 0.454 e. The maximum atomic E-state index is 12.9. The third-order valence-electron chi connectivity index (χ3n) is 7.03. The lowest BCUT2D eigenvalue weighted by molar-refractivity contribution is -0.0860. The average molecular weight is 426 g/mol. The van der Waals surface area contributed by atoms with Crippen LogP contribution in [-0.4, -0.2) is 44.7 Å². The summed E-state index contributed by atoms with van der Waals surface area (Å²) >= 11 is 0. The molecule has 1 aliphatic carbocycles. The molecule has 6 rings (SSSR count). The van der Waals surface area contributed by atoms with Gasteiger partial charge in [-0.25, -0.2) is 4.68 Å². The van der Waals surface area contributed by atoms with E-state index < -0.39 is 16.7 Å². The molecule has 1 saturated carbocycles. The van der Waals surface area contributed by atoms with E-state index in [0.29, 0.717) is 18.9 Å². The van der Waals surface area contributed by atoms with Crippen molar-refractivity contribution in [1.29, 1.82) is 0 Å². The first-order valence-corrected chi connectivity index (χ1v) is 11.1. The van der Waals surface area contributed by atoms with Gasteiger partial charge in [0.1, 0.15) is 12.2 Å². The van der Waals surface area contributed by atoms with Crippen LogP contribution in [0.3, 0.4) is 0 Å². The molecule has 1 saturated heterocycles. The molecule has 4 aliphatic rings. The first kappa shape index (κ1) is 19.1. The summed E-state index contributed by atoms with van der Waals surface area (Å²) in [6.07, 6.45) is 4.80. The van der Waals surface area contributed by atoms with Gasteiger partial charge in [0, 0.05) is 19.6 Å². The molecule has 2 fully saturated rings. The second-order valence-electron chi connectivity index (χ2n) is 9.12. The minimum atomic E-state index is -0.497. The lowest BCUT2D eigenvalue weighted by atomic mass is 10.0. The Hall–Kier alpha value is -2.65. The number of hydrogen-bond donors (Lipinski definition) is 0. The van der Waals surface area contributed by atoms with Gasteiger partial charge in [-0.3, -0.25) is 19.1 Å². The molecule has 164 valence electrons. The van der Waals surface area contributed by atoms with Crippen LogP contribution in [0.4, 0.5) is 0 Å². The van der Waals surface area contributed by atoms with E-state index in [1.54, 1.807) is 4.57 Å². The van der Waals surface area contributed by atoms with Crippen LogP contribution in [0.25, 0.3) is 0 Å². The van der Waals surface area contributed by atoms with Gasteiger partial charge in [0.25, 0.3) is 0 Å². The van der Waals surface area contributed by atoms with Crippen molar-refractivity contribution in [2.24, 2.45) is 0 Å². The van der Waals surface area contributed by atoms with Gasteiger partial charge < -0.3 is 14.2 Å². The maximum Gasteiger partial charge on any atom is 0.332 e. The maximum absolute atomic E-state index is 12.9. The van der Waals surface area contributed by atoms with Crippen LogP contribution in [0, 0.1) is 0 Å². The van der Waals surface area contributed by atoms with Crippen LogP contribution < -0.4 is 20.6 Å². The van der Waals surface area contributed by atoms with E-state index in [1.807, 2.05) is 12.1 Å². The zero-order valence-corrected chi connectivity index (χ0v) is 17.4. The normalized spacial score (nSPS) is 25.4. The van der Waals surface area contributed by atoms with Crippen LogP contribution in [0.15, 0.2) is 27.8 Å². The first-order chi connectivity index (χ1) is 15.1. The summed E-state index contributed by atoms with van der Waals surface area (Å²) in [7, 11) is 0. The van der Waals surface area contributed by atoms with E-state index in [1.165, 1.54) is 4.68 Å². The summed E-state index contributed by atoms with van der Waals surface area (Å²) in [5, 5.41) is 4.53. The summed E-state index contributed by atoms with van der Waals surface area (Å²) in [5.74, 6) is 2.13. The molecule has 1 aromatic carbocycles. The van der Waals surface area contributed by atoms with Crippen LogP contribution in [0.2, 0.25) is 0 Å². The van der Waals surface area contributed by atoms with Gasteiger partial charge in [-0.1, -0.05) is 18.9 Å². The summed E-state index contributed by atoms with van der Waals surface area (Å²) in [5.41, 5.74) is -0.270. The molecular weight excluding hydrogens is 400 g/mol. The number of ether oxygens (including phenoxy) is 3. The third-order valence-corrected chi connectivity index (χ3v) is 7.03. The monoisotopic (exact) mass is 426 g/mol. The second kappa shape index (κ2) is 7.20. The molecule has 0 bridgehead atoms. The number of aromatic nitrogens is 3. The molecular formula is C22H26N4O5. The lowest BCUT2D eigenvalue weighted by Gasteiger charge is -2.35. The fraction of sp³-hybridized carbons (Fsp3) is 0.591. The second-order valence-corrected chi connectivity index (χ2v) is 9.12. The average Bonchev–Trinajstić information content (AvgIpc) is 3.53. The molecule has 3 aliphatic heterocycles. The number of likely N-dealkylation sites (tertiary alicyclic amines) is 1. The van der Waals surface area contributed by atoms with Crippen LogP contribution in [0.1, 0.15) is 49.5 Å². The molecule has 9 nitrogen and oxygen atoms in total. The van der Waals surface area contributed by atoms with E-state index >= 15 is 0 Å². The van der Waals surface area contributed by atoms with Crippen LogP contribution in [-0.2, 0) is 24.4 Å². The zero-order valence-electron chi connectivity index (χ0n) is 17.4. The zero-order chi connectivity index (χ0) is 21.0. The Kier molecular flexibility index (Phi) is 4.43. The van der Waals surface area contributed by atoms with Gasteiger partial charge >= 0.3 is 11.1 Å². The minimum absolute atomic E-state index is 0.0469. The lowest BCUT2D eigenvalue weighted by Crippen LogP contribution is -2.53. The van der Waals surface area contributed by atoms with Crippen LogP contribution >= 0.6 is 0 Å². The number of nitrogens with zero attached hydrogens (tertiary/aromatic N) is 4. The Morgan fingerprint density at radius 3 is 2.77 bits per heavy atom. The van der Waals surface area contributed by atoms with Crippen molar-refractivity contribution < 1.29 is 14.2 Å². The van der Waals surface area contributed by atoms with E-state index in [-0.39, 0.29) is 19.4 Å². The highest BCUT2D eigenvalue weighted by Crippen LogP contribution is 2.35. The summed E-state index contributed by atoms with van der Waals surface area (Å²) in [4.78, 5) is 28.0. The molecule has 1 spiro atoms. The first-order valence-electron chi connectivity index (χ1n) is 11.1. The quantitative estimate of drug-likeness (QED) is 0.686. The molecule has 2 aromatic rings. The number of fused-ring (bicyclic) bond motifs is 2. The third kappa shape index (κ3) is 3.27. The van der Waals surface area contributed by atoms with Crippen LogP contribution in [0.5, 0.6) is 11.5 Å². The van der Waals surface area contributed by atoms with Gasteiger partial charge in [0.15, 0.2) is 17.3 Å². The van der Waals surface area contributed by atoms with E-state index in [9.17, 15) is 9.59 Å². The fourth-order valence-electron chi connectivity index (χ4n) is 5.38. The Labute approximate surface area is 179 Å². The molecule has 0 radical (unpaired) electrons. The number of benzene rings is 1. The van der Waals surface area contributed by atoms with Crippen molar-refractivity contribution in [2.45, 2.75) is 63.4 Å². The topological polar surface area (TPSA) is 87.8 Å².